The molecule has 0 aromatic carbocycles. The molecule has 0 bridgehead atoms. The first-order valence-electron chi connectivity index (χ1n) is 3.24. The molecule has 0 saturated heterocycles. The molecule has 8 N–H and O–H groups in total. The van der Waals surface area contributed by atoms with Crippen molar-refractivity contribution >= 4 is 15.0 Å². The van der Waals surface area contributed by atoms with Gasteiger partial charge in [-0.15, -0.1) is 0 Å². The Morgan fingerprint density at radius 3 is 2.40 bits per heavy atom. The first kappa shape index (κ1) is 10.4. The zero-order valence-electron chi connectivity index (χ0n) is 5.99. The van der Waals surface area contributed by atoms with Crippen LogP contribution in [-0.4, -0.2) is 44.0 Å². The van der Waals surface area contributed by atoms with Gasteiger partial charge in [-0.2, -0.15) is 0 Å². The Kier molecular flexibility index (Phi) is 6.31. The summed E-state index contributed by atoms with van der Waals surface area (Å²) >= 11 is 0.484. The van der Waals surface area contributed by atoms with Gasteiger partial charge in [-0.05, 0) is 0 Å². The molecular formula is C5H16N2O2Se+2. The van der Waals surface area contributed by atoms with Gasteiger partial charge in [0.1, 0.15) is 0 Å². The molecule has 0 radical (unpaired) electrons. The Morgan fingerprint density at radius 1 is 1.40 bits per heavy atom. The topological polar surface area (TPSA) is 95.7 Å². The maximum atomic E-state index is 8.61. The van der Waals surface area contributed by atoms with Gasteiger partial charge in [0, 0.05) is 0 Å². The Morgan fingerprint density at radius 2 is 2.00 bits per heavy atom. The van der Waals surface area contributed by atoms with Gasteiger partial charge in [0.25, 0.3) is 0 Å². The molecule has 0 aliphatic heterocycles. The van der Waals surface area contributed by atoms with E-state index in [1.54, 1.807) is 0 Å². The molecule has 0 aliphatic carbocycles. The Balaban J connectivity index is 3.13. The molecule has 0 aliphatic rings. The minimum atomic E-state index is -1.24. The normalized spacial score (nSPS) is 14.1. The zero-order chi connectivity index (χ0) is 7.98. The summed E-state index contributed by atoms with van der Waals surface area (Å²) in [6, 6.07) is -0.216. The van der Waals surface area contributed by atoms with Crippen LogP contribution in [0.1, 0.15) is 0 Å². The summed E-state index contributed by atoms with van der Waals surface area (Å²) in [4.78, 5) is 0. The summed E-state index contributed by atoms with van der Waals surface area (Å²) in [6.45, 7) is 0.939. The first-order chi connectivity index (χ1) is 4.68. The maximum absolute atomic E-state index is 8.61. The average molecular weight is 215 g/mol. The van der Waals surface area contributed by atoms with Crippen molar-refractivity contribution in [3.8, 4) is 0 Å². The van der Waals surface area contributed by atoms with Crippen LogP contribution < -0.4 is 11.5 Å². The van der Waals surface area contributed by atoms with Crippen LogP contribution in [0, 0.1) is 0 Å². The molecule has 0 saturated carbocycles. The molecule has 1 unspecified atom stereocenters. The SMILES string of the molecule is [NH3+]CC[Se]CC([NH3+])C(O)O. The fourth-order valence-electron chi connectivity index (χ4n) is 0.423. The predicted octanol–water partition coefficient (Wildman–Crippen LogP) is -3.31. The summed E-state index contributed by atoms with van der Waals surface area (Å²) in [5, 5.41) is 19.2. The van der Waals surface area contributed by atoms with E-state index in [9.17, 15) is 0 Å². The van der Waals surface area contributed by atoms with Gasteiger partial charge in [0.2, 0.25) is 0 Å². The third-order valence-electron chi connectivity index (χ3n) is 1.04. The van der Waals surface area contributed by atoms with E-state index in [2.05, 4.69) is 11.5 Å². The molecule has 10 heavy (non-hydrogen) atoms. The molecule has 0 amide bonds. The van der Waals surface area contributed by atoms with Crippen LogP contribution in [0.15, 0.2) is 0 Å². The molecule has 0 rings (SSSR count). The number of aliphatic hydroxyl groups is 2. The number of aliphatic hydroxyl groups excluding tert-OH is 1. The molecule has 1 atom stereocenters. The number of quaternary nitrogens is 2. The van der Waals surface area contributed by atoms with Gasteiger partial charge in [0.05, 0.1) is 0 Å². The van der Waals surface area contributed by atoms with Crippen molar-refractivity contribution in [2.24, 2.45) is 0 Å². The second-order valence-corrected chi connectivity index (χ2v) is 4.51. The van der Waals surface area contributed by atoms with Crippen molar-refractivity contribution in [3.05, 3.63) is 0 Å². The van der Waals surface area contributed by atoms with Crippen LogP contribution in [0.3, 0.4) is 0 Å². The van der Waals surface area contributed by atoms with E-state index in [0.717, 1.165) is 17.2 Å². The average Bonchev–Trinajstić information content (AvgIpc) is 1.88. The minimum absolute atomic E-state index is 0.216. The molecule has 0 spiro atoms. The molecule has 5 heteroatoms. The van der Waals surface area contributed by atoms with E-state index in [4.69, 9.17) is 10.2 Å². The van der Waals surface area contributed by atoms with Crippen LogP contribution in [0.2, 0.25) is 10.6 Å². The molecule has 4 nitrogen and oxygen atoms in total. The third-order valence-corrected chi connectivity index (χ3v) is 3.65. The number of hydrogen-bond donors (Lipinski definition) is 4. The van der Waals surface area contributed by atoms with Crippen molar-refractivity contribution in [2.75, 3.05) is 6.54 Å². The van der Waals surface area contributed by atoms with E-state index in [-0.39, 0.29) is 6.04 Å². The molecular weight excluding hydrogens is 199 g/mol. The quantitative estimate of drug-likeness (QED) is 0.219. The predicted molar refractivity (Wildman–Crippen MR) is 38.0 cm³/mol. The Hall–Kier alpha value is 0.359. The number of rotatable bonds is 5. The van der Waals surface area contributed by atoms with E-state index in [1.165, 1.54) is 0 Å². The van der Waals surface area contributed by atoms with Crippen LogP contribution in [-0.2, 0) is 0 Å². The van der Waals surface area contributed by atoms with Crippen molar-refractivity contribution < 1.29 is 21.7 Å². The van der Waals surface area contributed by atoms with Crippen molar-refractivity contribution in [2.45, 2.75) is 23.0 Å². The standard InChI is InChI=1S/C5H14N2O2Se/c6-1-2-10-3-4(7)5(8)9/h4-5,8-9H,1-3,6-7H2/p+2. The van der Waals surface area contributed by atoms with Gasteiger partial charge in [-0.3, -0.25) is 0 Å². The molecule has 0 aromatic heterocycles. The van der Waals surface area contributed by atoms with Crippen molar-refractivity contribution in [3.63, 3.8) is 0 Å². The van der Waals surface area contributed by atoms with E-state index >= 15 is 0 Å². The summed E-state index contributed by atoms with van der Waals surface area (Å²) in [6.07, 6.45) is -1.24. The van der Waals surface area contributed by atoms with Gasteiger partial charge < -0.3 is 0 Å². The van der Waals surface area contributed by atoms with Crippen LogP contribution in [0.4, 0.5) is 0 Å². The van der Waals surface area contributed by atoms with Crippen molar-refractivity contribution in [1.29, 1.82) is 0 Å². The van der Waals surface area contributed by atoms with Crippen LogP contribution >= 0.6 is 0 Å². The van der Waals surface area contributed by atoms with Gasteiger partial charge in [-0.25, -0.2) is 0 Å². The van der Waals surface area contributed by atoms with Gasteiger partial charge >= 0.3 is 66.2 Å². The zero-order valence-corrected chi connectivity index (χ0v) is 7.71. The summed E-state index contributed by atoms with van der Waals surface area (Å²) in [5.74, 6) is 0. The van der Waals surface area contributed by atoms with Crippen LogP contribution in [0.5, 0.6) is 0 Å². The summed E-state index contributed by atoms with van der Waals surface area (Å²) in [5.41, 5.74) is 7.30. The Labute approximate surface area is 66.7 Å². The monoisotopic (exact) mass is 216 g/mol. The first-order valence-corrected chi connectivity index (χ1v) is 5.67. The molecule has 0 heterocycles. The Bertz CT molecular complexity index is 82.0. The molecule has 0 aromatic rings. The van der Waals surface area contributed by atoms with Crippen molar-refractivity contribution in [1.82, 2.24) is 0 Å². The van der Waals surface area contributed by atoms with Gasteiger partial charge in [0.15, 0.2) is 0 Å². The summed E-state index contributed by atoms with van der Waals surface area (Å²) in [7, 11) is 0. The third kappa shape index (κ3) is 5.17. The molecule has 62 valence electrons. The molecule has 0 fully saturated rings. The van der Waals surface area contributed by atoms with E-state index < -0.39 is 6.29 Å². The van der Waals surface area contributed by atoms with Gasteiger partial charge in [-0.1, -0.05) is 0 Å². The fraction of sp³-hybridized carbons (Fsp3) is 1.00. The second kappa shape index (κ2) is 6.09. The van der Waals surface area contributed by atoms with Crippen LogP contribution in [0.25, 0.3) is 0 Å². The van der Waals surface area contributed by atoms with E-state index in [1.807, 2.05) is 0 Å². The van der Waals surface area contributed by atoms with E-state index in [0.29, 0.717) is 15.0 Å². The fourth-order valence-corrected chi connectivity index (χ4v) is 2.20. The second-order valence-electron chi connectivity index (χ2n) is 2.10. The summed E-state index contributed by atoms with van der Waals surface area (Å²) < 4.78 is 0. The number of hydrogen-bond acceptors (Lipinski definition) is 2.